The number of nitrogens with one attached hydrogen (secondary N) is 1. The third kappa shape index (κ3) is 2.90. The maximum absolute atomic E-state index is 11.0. The van der Waals surface area contributed by atoms with Crippen LogP contribution in [0.15, 0.2) is 0 Å². The van der Waals surface area contributed by atoms with Crippen molar-refractivity contribution in [3.05, 3.63) is 5.56 Å². The standard InChI is InChI=1S/C14H22N4OS/c1-9(19)16-8-10-4-6-18(7-5-10)14-12(11-2-3-11)13(15)17-20-14/h10-11H,2-8H2,1H3,(H2,15,17)(H,16,19). The Balaban J connectivity index is 1.59. The third-order valence-electron chi connectivity index (χ3n) is 4.26. The molecule has 0 radical (unpaired) electrons. The van der Waals surface area contributed by atoms with Crippen LogP contribution >= 0.6 is 11.5 Å². The number of rotatable bonds is 4. The highest BCUT2D eigenvalue weighted by molar-refractivity contribution is 7.10. The number of hydrogen-bond acceptors (Lipinski definition) is 5. The van der Waals surface area contributed by atoms with Gasteiger partial charge in [0.25, 0.3) is 0 Å². The van der Waals surface area contributed by atoms with E-state index in [0.29, 0.717) is 11.8 Å². The Hall–Kier alpha value is -1.30. The number of nitrogen functional groups attached to an aromatic ring is 1. The molecule has 1 amide bonds. The molecular weight excluding hydrogens is 272 g/mol. The fraction of sp³-hybridized carbons (Fsp3) is 0.714. The lowest BCUT2D eigenvalue weighted by molar-refractivity contribution is -0.119. The van der Waals surface area contributed by atoms with Crippen LogP contribution in [0.5, 0.6) is 0 Å². The van der Waals surface area contributed by atoms with E-state index in [1.54, 1.807) is 18.5 Å². The second-order valence-corrected chi connectivity index (χ2v) is 6.68. The smallest absolute Gasteiger partial charge is 0.216 e. The van der Waals surface area contributed by atoms with E-state index in [-0.39, 0.29) is 5.91 Å². The summed E-state index contributed by atoms with van der Waals surface area (Å²) in [7, 11) is 0. The van der Waals surface area contributed by atoms with Crippen LogP contribution in [0.3, 0.4) is 0 Å². The van der Waals surface area contributed by atoms with Crippen LogP contribution < -0.4 is 16.0 Å². The van der Waals surface area contributed by atoms with Crippen molar-refractivity contribution in [1.82, 2.24) is 9.69 Å². The molecule has 0 unspecified atom stereocenters. The second kappa shape index (κ2) is 5.60. The van der Waals surface area contributed by atoms with E-state index in [1.807, 2.05) is 0 Å². The van der Waals surface area contributed by atoms with Gasteiger partial charge < -0.3 is 16.0 Å². The number of carbonyl (C=O) groups excluding carboxylic acids is 1. The molecule has 5 nitrogen and oxygen atoms in total. The maximum atomic E-state index is 11.0. The number of nitrogens with zero attached hydrogens (tertiary/aromatic N) is 2. The molecule has 2 aliphatic rings. The summed E-state index contributed by atoms with van der Waals surface area (Å²) in [6.45, 7) is 4.48. The number of carbonyl (C=O) groups is 1. The fourth-order valence-corrected chi connectivity index (χ4v) is 3.86. The van der Waals surface area contributed by atoms with Gasteiger partial charge in [0, 0.05) is 32.1 Å². The lowest BCUT2D eigenvalue weighted by Crippen LogP contribution is -2.38. The molecule has 2 heterocycles. The number of amides is 1. The summed E-state index contributed by atoms with van der Waals surface area (Å²) in [4.78, 5) is 13.4. The maximum Gasteiger partial charge on any atom is 0.216 e. The summed E-state index contributed by atoms with van der Waals surface area (Å²) >= 11 is 1.55. The highest BCUT2D eigenvalue weighted by Gasteiger charge is 2.33. The minimum atomic E-state index is 0.0682. The summed E-state index contributed by atoms with van der Waals surface area (Å²) in [6, 6.07) is 0. The number of piperidine rings is 1. The molecule has 110 valence electrons. The zero-order chi connectivity index (χ0) is 14.1. The quantitative estimate of drug-likeness (QED) is 0.890. The van der Waals surface area contributed by atoms with Gasteiger partial charge in [0.15, 0.2) is 0 Å². The van der Waals surface area contributed by atoms with Gasteiger partial charge in [0.1, 0.15) is 10.8 Å². The molecule has 0 aromatic carbocycles. The topological polar surface area (TPSA) is 71.2 Å². The minimum absolute atomic E-state index is 0.0682. The van der Waals surface area contributed by atoms with Crippen LogP contribution in [0.2, 0.25) is 0 Å². The molecule has 0 atom stereocenters. The molecule has 1 aliphatic carbocycles. The van der Waals surface area contributed by atoms with Crippen molar-refractivity contribution >= 4 is 28.3 Å². The molecule has 2 fully saturated rings. The van der Waals surface area contributed by atoms with Gasteiger partial charge in [-0.3, -0.25) is 4.79 Å². The van der Waals surface area contributed by atoms with Gasteiger partial charge in [-0.25, -0.2) is 0 Å². The normalized spacial score (nSPS) is 20.1. The fourth-order valence-electron chi connectivity index (χ4n) is 2.91. The largest absolute Gasteiger partial charge is 0.383 e. The molecule has 1 aromatic rings. The Kier molecular flexibility index (Phi) is 3.83. The lowest BCUT2D eigenvalue weighted by atomic mass is 9.96. The highest BCUT2D eigenvalue weighted by atomic mass is 32.1. The molecule has 0 bridgehead atoms. The van der Waals surface area contributed by atoms with Gasteiger partial charge >= 0.3 is 0 Å². The molecule has 1 saturated carbocycles. The van der Waals surface area contributed by atoms with Crippen molar-refractivity contribution in [3.8, 4) is 0 Å². The first-order valence-electron chi connectivity index (χ1n) is 7.39. The van der Waals surface area contributed by atoms with E-state index < -0.39 is 0 Å². The molecule has 6 heteroatoms. The molecular formula is C14H22N4OS. The summed E-state index contributed by atoms with van der Waals surface area (Å²) < 4.78 is 4.35. The second-order valence-electron chi connectivity index (χ2n) is 5.93. The van der Waals surface area contributed by atoms with Crippen LogP contribution in [0.1, 0.15) is 44.1 Å². The lowest BCUT2D eigenvalue weighted by Gasteiger charge is -2.33. The van der Waals surface area contributed by atoms with Crippen LogP contribution in [-0.2, 0) is 4.79 Å². The van der Waals surface area contributed by atoms with Gasteiger partial charge in [-0.2, -0.15) is 4.37 Å². The van der Waals surface area contributed by atoms with Crippen LogP contribution in [0, 0.1) is 5.92 Å². The van der Waals surface area contributed by atoms with Gasteiger partial charge in [0.05, 0.1) is 0 Å². The summed E-state index contributed by atoms with van der Waals surface area (Å²) in [5.74, 6) is 2.07. The van der Waals surface area contributed by atoms with E-state index in [1.165, 1.54) is 23.4 Å². The highest BCUT2D eigenvalue weighted by Crippen LogP contribution is 2.49. The number of aromatic nitrogens is 1. The van der Waals surface area contributed by atoms with Crippen molar-refractivity contribution in [2.45, 2.75) is 38.5 Å². The van der Waals surface area contributed by atoms with Crippen LogP contribution in [-0.4, -0.2) is 29.9 Å². The molecule has 1 aromatic heterocycles. The summed E-state index contributed by atoms with van der Waals surface area (Å²) in [5.41, 5.74) is 7.32. The SMILES string of the molecule is CC(=O)NCC1CCN(c2snc(N)c2C2CC2)CC1. The van der Waals surface area contributed by atoms with Crippen molar-refractivity contribution < 1.29 is 4.79 Å². The van der Waals surface area contributed by atoms with Crippen LogP contribution in [0.25, 0.3) is 0 Å². The van der Waals surface area contributed by atoms with Gasteiger partial charge in [-0.1, -0.05) is 0 Å². The predicted molar refractivity (Wildman–Crippen MR) is 82.1 cm³/mol. The van der Waals surface area contributed by atoms with Gasteiger partial charge in [0.2, 0.25) is 5.91 Å². The number of anilines is 2. The monoisotopic (exact) mass is 294 g/mol. The van der Waals surface area contributed by atoms with Gasteiger partial charge in [-0.15, -0.1) is 0 Å². The van der Waals surface area contributed by atoms with E-state index in [0.717, 1.165) is 38.3 Å². The molecule has 3 N–H and O–H groups in total. The number of nitrogens with two attached hydrogens (primary N) is 1. The Morgan fingerprint density at radius 3 is 2.70 bits per heavy atom. The Labute approximate surface area is 123 Å². The third-order valence-corrected chi connectivity index (χ3v) is 5.20. The first kappa shape index (κ1) is 13.7. The van der Waals surface area contributed by atoms with Crippen molar-refractivity contribution in [2.24, 2.45) is 5.92 Å². The Morgan fingerprint density at radius 2 is 2.10 bits per heavy atom. The Bertz CT molecular complexity index is 489. The summed E-state index contributed by atoms with van der Waals surface area (Å²) in [6.07, 6.45) is 4.77. The van der Waals surface area contributed by atoms with E-state index in [4.69, 9.17) is 5.73 Å². The van der Waals surface area contributed by atoms with Crippen LogP contribution in [0.4, 0.5) is 10.8 Å². The molecule has 3 rings (SSSR count). The van der Waals surface area contributed by atoms with E-state index in [9.17, 15) is 4.79 Å². The minimum Gasteiger partial charge on any atom is -0.383 e. The number of hydrogen-bond donors (Lipinski definition) is 2. The zero-order valence-electron chi connectivity index (χ0n) is 11.9. The van der Waals surface area contributed by atoms with Gasteiger partial charge in [-0.05, 0) is 49.1 Å². The van der Waals surface area contributed by atoms with Crippen molar-refractivity contribution in [1.29, 1.82) is 0 Å². The zero-order valence-corrected chi connectivity index (χ0v) is 12.7. The van der Waals surface area contributed by atoms with Crippen molar-refractivity contribution in [3.63, 3.8) is 0 Å². The molecule has 1 saturated heterocycles. The summed E-state index contributed by atoms with van der Waals surface area (Å²) in [5, 5.41) is 4.22. The average Bonchev–Trinajstić information content (AvgIpc) is 3.20. The van der Waals surface area contributed by atoms with E-state index >= 15 is 0 Å². The Morgan fingerprint density at radius 1 is 1.40 bits per heavy atom. The molecule has 20 heavy (non-hydrogen) atoms. The average molecular weight is 294 g/mol. The van der Waals surface area contributed by atoms with Crippen molar-refractivity contribution in [2.75, 3.05) is 30.3 Å². The molecule has 1 aliphatic heterocycles. The molecule has 0 spiro atoms. The first-order valence-corrected chi connectivity index (χ1v) is 8.17. The predicted octanol–water partition coefficient (Wildman–Crippen LogP) is 1.96. The van der Waals surface area contributed by atoms with E-state index in [2.05, 4.69) is 14.6 Å². The first-order chi connectivity index (χ1) is 9.65.